The maximum absolute atomic E-state index is 13.8. The first-order valence-corrected chi connectivity index (χ1v) is 6.24. The summed E-state index contributed by atoms with van der Waals surface area (Å²) in [6.07, 6.45) is 0. The molecule has 96 valence electrons. The van der Waals surface area contributed by atoms with Gasteiger partial charge in [0.25, 0.3) is 0 Å². The van der Waals surface area contributed by atoms with Crippen molar-refractivity contribution in [3.05, 3.63) is 59.7 Å². The predicted molar refractivity (Wildman–Crippen MR) is 71.1 cm³/mol. The summed E-state index contributed by atoms with van der Waals surface area (Å²) in [5, 5.41) is 0.620. The predicted octanol–water partition coefficient (Wildman–Crippen LogP) is 5.12. The van der Waals surface area contributed by atoms with Gasteiger partial charge in [0.2, 0.25) is 0 Å². The van der Waals surface area contributed by atoms with Gasteiger partial charge in [0, 0.05) is 16.8 Å². The molecule has 1 heterocycles. The van der Waals surface area contributed by atoms with Gasteiger partial charge in [-0.05, 0) is 35.9 Å². The number of halogens is 3. The Labute approximate surface area is 113 Å². The van der Waals surface area contributed by atoms with Crippen molar-refractivity contribution in [2.24, 2.45) is 0 Å². The zero-order chi connectivity index (χ0) is 13.4. The highest BCUT2D eigenvalue weighted by Gasteiger charge is 2.12. The zero-order valence-corrected chi connectivity index (χ0v) is 10.5. The molecule has 0 aliphatic carbocycles. The molecule has 1 nitrogen and oxygen atoms in total. The van der Waals surface area contributed by atoms with Crippen LogP contribution in [-0.2, 0) is 5.88 Å². The van der Waals surface area contributed by atoms with E-state index in [1.165, 1.54) is 18.2 Å². The van der Waals surface area contributed by atoms with E-state index >= 15 is 0 Å². The van der Waals surface area contributed by atoms with Crippen molar-refractivity contribution in [2.45, 2.75) is 5.88 Å². The minimum absolute atomic E-state index is 0.160. The van der Waals surface area contributed by atoms with Crippen LogP contribution in [0.4, 0.5) is 8.78 Å². The van der Waals surface area contributed by atoms with E-state index in [0.717, 1.165) is 0 Å². The summed E-state index contributed by atoms with van der Waals surface area (Å²) in [7, 11) is 0. The van der Waals surface area contributed by atoms with Crippen LogP contribution in [0.25, 0.3) is 22.3 Å². The van der Waals surface area contributed by atoms with Crippen LogP contribution in [0.3, 0.4) is 0 Å². The Kier molecular flexibility index (Phi) is 2.99. The second kappa shape index (κ2) is 4.67. The van der Waals surface area contributed by atoms with Crippen molar-refractivity contribution in [3.63, 3.8) is 0 Å². The summed E-state index contributed by atoms with van der Waals surface area (Å²) in [5.41, 5.74) is 1.41. The number of furan rings is 1. The third-order valence-corrected chi connectivity index (χ3v) is 3.20. The van der Waals surface area contributed by atoms with Crippen LogP contribution < -0.4 is 0 Å². The standard InChI is InChI=1S/C15H9ClF2O/c16-8-9-4-11-7-14(19-15(11)13(18)5-9)10-2-1-3-12(17)6-10/h1-7H,8H2. The van der Waals surface area contributed by atoms with Crippen molar-refractivity contribution in [3.8, 4) is 11.3 Å². The van der Waals surface area contributed by atoms with Crippen LogP contribution in [0.5, 0.6) is 0 Å². The first-order chi connectivity index (χ1) is 9.17. The second-order valence-corrected chi connectivity index (χ2v) is 4.52. The van der Waals surface area contributed by atoms with E-state index < -0.39 is 5.82 Å². The van der Waals surface area contributed by atoms with Crippen LogP contribution >= 0.6 is 11.6 Å². The third kappa shape index (κ3) is 2.22. The lowest BCUT2D eigenvalue weighted by atomic mass is 10.1. The maximum Gasteiger partial charge on any atom is 0.170 e. The van der Waals surface area contributed by atoms with Crippen LogP contribution in [0.15, 0.2) is 46.9 Å². The van der Waals surface area contributed by atoms with E-state index in [4.69, 9.17) is 16.0 Å². The monoisotopic (exact) mass is 278 g/mol. The second-order valence-electron chi connectivity index (χ2n) is 4.25. The maximum atomic E-state index is 13.8. The minimum Gasteiger partial charge on any atom is -0.453 e. The number of rotatable bonds is 2. The molecule has 0 fully saturated rings. The molecule has 0 aliphatic rings. The van der Waals surface area contributed by atoms with Crippen molar-refractivity contribution >= 4 is 22.6 Å². The summed E-state index contributed by atoms with van der Waals surface area (Å²) >= 11 is 5.70. The Morgan fingerprint density at radius 3 is 2.63 bits per heavy atom. The molecule has 0 radical (unpaired) electrons. The summed E-state index contributed by atoms with van der Waals surface area (Å²) in [6.45, 7) is 0. The zero-order valence-electron chi connectivity index (χ0n) is 9.79. The number of benzene rings is 2. The SMILES string of the molecule is Fc1cccc(-c2cc3cc(CCl)cc(F)c3o2)c1. The van der Waals surface area contributed by atoms with Crippen LogP contribution in [0, 0.1) is 11.6 Å². The smallest absolute Gasteiger partial charge is 0.170 e. The molecule has 0 amide bonds. The van der Waals surface area contributed by atoms with Gasteiger partial charge < -0.3 is 4.42 Å². The van der Waals surface area contributed by atoms with Gasteiger partial charge in [0.1, 0.15) is 11.6 Å². The Morgan fingerprint density at radius 1 is 1.05 bits per heavy atom. The summed E-state index contributed by atoms with van der Waals surface area (Å²) < 4.78 is 32.4. The Bertz CT molecular complexity index is 749. The first-order valence-electron chi connectivity index (χ1n) is 5.71. The van der Waals surface area contributed by atoms with Gasteiger partial charge in [-0.25, -0.2) is 8.78 Å². The van der Waals surface area contributed by atoms with Crippen molar-refractivity contribution in [2.75, 3.05) is 0 Å². The fraction of sp³-hybridized carbons (Fsp3) is 0.0667. The van der Waals surface area contributed by atoms with Gasteiger partial charge in [-0.2, -0.15) is 0 Å². The van der Waals surface area contributed by atoms with Gasteiger partial charge in [-0.1, -0.05) is 12.1 Å². The van der Waals surface area contributed by atoms with E-state index in [1.54, 1.807) is 24.3 Å². The van der Waals surface area contributed by atoms with Gasteiger partial charge in [0.05, 0.1) is 0 Å². The highest BCUT2D eigenvalue weighted by atomic mass is 35.5. The largest absolute Gasteiger partial charge is 0.453 e. The number of alkyl halides is 1. The van der Waals surface area contributed by atoms with E-state index in [1.807, 2.05) is 0 Å². The highest BCUT2D eigenvalue weighted by Crippen LogP contribution is 2.30. The molecule has 1 aromatic heterocycles. The molecule has 3 rings (SSSR count). The quantitative estimate of drug-likeness (QED) is 0.593. The Hall–Kier alpha value is -1.87. The number of hydrogen-bond donors (Lipinski definition) is 0. The lowest BCUT2D eigenvalue weighted by Gasteiger charge is -1.96. The molecule has 0 aliphatic heterocycles. The van der Waals surface area contributed by atoms with Crippen molar-refractivity contribution < 1.29 is 13.2 Å². The molecule has 0 saturated heterocycles. The molecule has 0 unspecified atom stereocenters. The molecule has 0 saturated carbocycles. The molecule has 3 aromatic rings. The van der Waals surface area contributed by atoms with E-state index in [0.29, 0.717) is 22.3 Å². The lowest BCUT2D eigenvalue weighted by Crippen LogP contribution is -1.81. The fourth-order valence-electron chi connectivity index (χ4n) is 2.03. The normalized spacial score (nSPS) is 11.1. The number of fused-ring (bicyclic) bond motifs is 1. The topological polar surface area (TPSA) is 13.1 Å². The molecule has 0 bridgehead atoms. The van der Waals surface area contributed by atoms with Crippen molar-refractivity contribution in [1.82, 2.24) is 0 Å². The van der Waals surface area contributed by atoms with E-state index in [-0.39, 0.29) is 17.3 Å². The Morgan fingerprint density at radius 2 is 1.89 bits per heavy atom. The lowest BCUT2D eigenvalue weighted by molar-refractivity contribution is 0.567. The highest BCUT2D eigenvalue weighted by molar-refractivity contribution is 6.17. The summed E-state index contributed by atoms with van der Waals surface area (Å²) in [6, 6.07) is 10.8. The van der Waals surface area contributed by atoms with Crippen molar-refractivity contribution in [1.29, 1.82) is 0 Å². The van der Waals surface area contributed by atoms with Gasteiger partial charge >= 0.3 is 0 Å². The van der Waals surface area contributed by atoms with Crippen LogP contribution in [0.2, 0.25) is 0 Å². The fourth-order valence-corrected chi connectivity index (χ4v) is 2.18. The number of hydrogen-bond acceptors (Lipinski definition) is 1. The summed E-state index contributed by atoms with van der Waals surface area (Å²) in [4.78, 5) is 0. The van der Waals surface area contributed by atoms with Gasteiger partial charge in [-0.15, -0.1) is 11.6 Å². The average molecular weight is 279 g/mol. The minimum atomic E-state index is -0.462. The van der Waals surface area contributed by atoms with Gasteiger partial charge in [-0.3, -0.25) is 0 Å². The molecular weight excluding hydrogens is 270 g/mol. The molecule has 0 atom stereocenters. The van der Waals surface area contributed by atoms with Crippen LogP contribution in [0.1, 0.15) is 5.56 Å². The van der Waals surface area contributed by atoms with E-state index in [9.17, 15) is 8.78 Å². The molecule has 19 heavy (non-hydrogen) atoms. The molecule has 0 N–H and O–H groups in total. The summed E-state index contributed by atoms with van der Waals surface area (Å²) in [5.74, 6) is -0.163. The average Bonchev–Trinajstić information content (AvgIpc) is 2.83. The molecule has 2 aromatic carbocycles. The Balaban J connectivity index is 2.19. The molecular formula is C15H9ClF2O. The van der Waals surface area contributed by atoms with Crippen LogP contribution in [-0.4, -0.2) is 0 Å². The molecule has 0 spiro atoms. The third-order valence-electron chi connectivity index (χ3n) is 2.89. The first kappa shape index (κ1) is 12.2. The molecule has 4 heteroatoms. The van der Waals surface area contributed by atoms with Gasteiger partial charge in [0.15, 0.2) is 11.4 Å². The van der Waals surface area contributed by atoms with E-state index in [2.05, 4.69) is 0 Å².